The van der Waals surface area contributed by atoms with Crippen molar-refractivity contribution in [1.82, 2.24) is 14.7 Å². The van der Waals surface area contributed by atoms with Gasteiger partial charge < -0.3 is 24.5 Å². The van der Waals surface area contributed by atoms with Gasteiger partial charge in [0.1, 0.15) is 6.61 Å². The smallest absolute Gasteiger partial charge is 0.409 e. The number of carbonyl (C=O) groups excluding carboxylic acids is 2. The molecule has 1 atom stereocenters. The number of carbonyl (C=O) groups is 2. The highest BCUT2D eigenvalue weighted by Gasteiger charge is 2.51. The second-order valence-electron chi connectivity index (χ2n) is 9.26. The SMILES string of the molecule is CCOC(=O)N1CCC2(CC(N3CCC([C@@H]4CCCN4C(=O)CO)CC3)C2)C1. The van der Waals surface area contributed by atoms with E-state index in [1.165, 1.54) is 12.8 Å². The van der Waals surface area contributed by atoms with Crippen LogP contribution in [0.15, 0.2) is 0 Å². The van der Waals surface area contributed by atoms with E-state index in [4.69, 9.17) is 4.74 Å². The molecule has 1 spiro atoms. The van der Waals surface area contributed by atoms with Crippen LogP contribution in [0.4, 0.5) is 4.79 Å². The number of rotatable bonds is 4. The van der Waals surface area contributed by atoms with Crippen molar-refractivity contribution in [3.63, 3.8) is 0 Å². The maximum atomic E-state index is 12.0. The maximum Gasteiger partial charge on any atom is 0.409 e. The minimum Gasteiger partial charge on any atom is -0.450 e. The summed E-state index contributed by atoms with van der Waals surface area (Å²) in [5.41, 5.74) is 0.323. The summed E-state index contributed by atoms with van der Waals surface area (Å²) in [4.78, 5) is 30.4. The molecule has 4 aliphatic rings. The first-order valence-electron chi connectivity index (χ1n) is 11.1. The van der Waals surface area contributed by atoms with Crippen molar-refractivity contribution in [1.29, 1.82) is 0 Å². The first-order chi connectivity index (χ1) is 13.5. The average Bonchev–Trinajstić information content (AvgIpc) is 3.34. The zero-order valence-electron chi connectivity index (χ0n) is 17.1. The van der Waals surface area contributed by atoms with E-state index >= 15 is 0 Å². The van der Waals surface area contributed by atoms with Crippen molar-refractivity contribution in [3.8, 4) is 0 Å². The molecule has 0 bridgehead atoms. The van der Waals surface area contributed by atoms with Crippen molar-refractivity contribution < 1.29 is 19.4 Å². The molecule has 1 saturated carbocycles. The first kappa shape index (κ1) is 20.0. The molecule has 7 nitrogen and oxygen atoms in total. The zero-order valence-corrected chi connectivity index (χ0v) is 17.1. The molecule has 0 aromatic carbocycles. The fraction of sp³-hybridized carbons (Fsp3) is 0.905. The number of hydrogen-bond acceptors (Lipinski definition) is 5. The summed E-state index contributed by atoms with van der Waals surface area (Å²) in [5.74, 6) is 0.479. The van der Waals surface area contributed by atoms with Gasteiger partial charge in [0.15, 0.2) is 0 Å². The minimum atomic E-state index is -0.359. The number of piperidine rings is 1. The Morgan fingerprint density at radius 2 is 1.86 bits per heavy atom. The number of hydrogen-bond donors (Lipinski definition) is 1. The number of likely N-dealkylation sites (tertiary alicyclic amines) is 3. The Balaban J connectivity index is 1.23. The van der Waals surface area contributed by atoms with E-state index in [1.54, 1.807) is 0 Å². The van der Waals surface area contributed by atoms with Gasteiger partial charge in [0.2, 0.25) is 5.91 Å². The molecule has 28 heavy (non-hydrogen) atoms. The summed E-state index contributed by atoms with van der Waals surface area (Å²) in [5, 5.41) is 9.22. The van der Waals surface area contributed by atoms with E-state index in [2.05, 4.69) is 4.90 Å². The topological polar surface area (TPSA) is 73.3 Å². The highest BCUT2D eigenvalue weighted by molar-refractivity contribution is 5.77. The lowest BCUT2D eigenvalue weighted by Crippen LogP contribution is -2.55. The Hall–Kier alpha value is -1.34. The first-order valence-corrected chi connectivity index (χ1v) is 11.1. The van der Waals surface area contributed by atoms with Crippen LogP contribution in [-0.2, 0) is 9.53 Å². The van der Waals surface area contributed by atoms with Gasteiger partial charge in [-0.05, 0) is 76.3 Å². The molecular weight excluding hydrogens is 358 g/mol. The van der Waals surface area contributed by atoms with Crippen LogP contribution >= 0.6 is 0 Å². The van der Waals surface area contributed by atoms with Crippen LogP contribution in [0.1, 0.15) is 51.9 Å². The minimum absolute atomic E-state index is 0.0988. The summed E-state index contributed by atoms with van der Waals surface area (Å²) >= 11 is 0. The molecule has 4 rings (SSSR count). The van der Waals surface area contributed by atoms with Crippen molar-refractivity contribution in [3.05, 3.63) is 0 Å². The molecule has 0 aromatic rings. The molecule has 0 unspecified atom stereocenters. The third-order valence-electron chi connectivity index (χ3n) is 7.69. The molecule has 7 heteroatoms. The van der Waals surface area contributed by atoms with E-state index in [0.717, 1.165) is 64.8 Å². The molecule has 3 saturated heterocycles. The zero-order chi connectivity index (χ0) is 19.7. The predicted octanol–water partition coefficient (Wildman–Crippen LogP) is 1.69. The summed E-state index contributed by atoms with van der Waals surface area (Å²) in [6.45, 7) is 6.69. The Morgan fingerprint density at radius 1 is 1.11 bits per heavy atom. The van der Waals surface area contributed by atoms with E-state index in [-0.39, 0.29) is 18.6 Å². The van der Waals surface area contributed by atoms with Crippen LogP contribution in [0.5, 0.6) is 0 Å². The number of nitrogens with zero attached hydrogens (tertiary/aromatic N) is 3. The molecule has 158 valence electrons. The van der Waals surface area contributed by atoms with Gasteiger partial charge >= 0.3 is 6.09 Å². The predicted molar refractivity (Wildman–Crippen MR) is 105 cm³/mol. The quantitative estimate of drug-likeness (QED) is 0.787. The summed E-state index contributed by atoms with van der Waals surface area (Å²) in [7, 11) is 0. The third kappa shape index (κ3) is 3.75. The van der Waals surface area contributed by atoms with Gasteiger partial charge in [-0.3, -0.25) is 4.79 Å². The van der Waals surface area contributed by atoms with Crippen molar-refractivity contribution in [2.24, 2.45) is 11.3 Å². The fourth-order valence-corrected chi connectivity index (χ4v) is 6.19. The average molecular weight is 394 g/mol. The van der Waals surface area contributed by atoms with Crippen molar-refractivity contribution in [2.45, 2.75) is 64.0 Å². The fourth-order valence-electron chi connectivity index (χ4n) is 6.19. The monoisotopic (exact) mass is 393 g/mol. The number of aliphatic hydroxyl groups is 1. The number of ether oxygens (including phenoxy) is 1. The molecule has 3 heterocycles. The van der Waals surface area contributed by atoms with E-state index < -0.39 is 0 Å². The van der Waals surface area contributed by atoms with Gasteiger partial charge in [-0.1, -0.05) is 0 Å². The van der Waals surface area contributed by atoms with Gasteiger partial charge in [-0.2, -0.15) is 0 Å². The van der Waals surface area contributed by atoms with Crippen LogP contribution < -0.4 is 0 Å². The Bertz CT molecular complexity index is 584. The molecule has 2 amide bonds. The van der Waals surface area contributed by atoms with Crippen LogP contribution in [0, 0.1) is 11.3 Å². The van der Waals surface area contributed by atoms with Crippen LogP contribution in [-0.4, -0.2) is 89.8 Å². The lowest BCUT2D eigenvalue weighted by Gasteiger charge is -2.52. The van der Waals surface area contributed by atoms with Crippen molar-refractivity contribution in [2.75, 3.05) is 45.9 Å². The van der Waals surface area contributed by atoms with Crippen molar-refractivity contribution >= 4 is 12.0 Å². The maximum absolute atomic E-state index is 12.0. The van der Waals surface area contributed by atoms with Gasteiger partial charge in [0.05, 0.1) is 6.61 Å². The summed E-state index contributed by atoms with van der Waals surface area (Å²) < 4.78 is 5.16. The highest BCUT2D eigenvalue weighted by atomic mass is 16.6. The molecule has 0 aromatic heterocycles. The Morgan fingerprint density at radius 3 is 2.54 bits per heavy atom. The largest absolute Gasteiger partial charge is 0.450 e. The lowest BCUT2D eigenvalue weighted by molar-refractivity contribution is -0.136. The second kappa shape index (κ2) is 8.19. The summed E-state index contributed by atoms with van der Waals surface area (Å²) in [6.07, 6.45) is 7.82. The van der Waals surface area contributed by atoms with Gasteiger partial charge in [0, 0.05) is 31.7 Å². The standard InChI is InChI=1S/C21H35N3O4/c1-2-28-20(27)23-11-7-21(15-23)12-17(13-21)22-9-5-16(6-10-22)18-4-3-8-24(18)19(26)14-25/h16-18,25H,2-15H2,1H3/t17?,18-,21?/m0/s1. The third-order valence-corrected chi connectivity index (χ3v) is 7.69. The molecule has 4 fully saturated rings. The Kier molecular flexibility index (Phi) is 5.83. The molecule has 1 N–H and O–H groups in total. The normalized spacial score (nSPS) is 34.1. The van der Waals surface area contributed by atoms with E-state index in [9.17, 15) is 14.7 Å². The Labute approximate surface area is 168 Å². The van der Waals surface area contributed by atoms with Gasteiger partial charge in [0.25, 0.3) is 0 Å². The van der Waals surface area contributed by atoms with Crippen LogP contribution in [0.2, 0.25) is 0 Å². The van der Waals surface area contributed by atoms with Gasteiger partial charge in [-0.15, -0.1) is 0 Å². The van der Waals surface area contributed by atoms with E-state index in [0.29, 0.717) is 30.0 Å². The van der Waals surface area contributed by atoms with E-state index in [1.807, 2.05) is 16.7 Å². The van der Waals surface area contributed by atoms with Crippen LogP contribution in [0.25, 0.3) is 0 Å². The second-order valence-corrected chi connectivity index (χ2v) is 9.26. The number of amides is 2. The molecule has 0 radical (unpaired) electrons. The molecule has 1 aliphatic carbocycles. The van der Waals surface area contributed by atoms with Gasteiger partial charge in [-0.25, -0.2) is 4.79 Å². The molecular formula is C21H35N3O4. The lowest BCUT2D eigenvalue weighted by atomic mass is 9.64. The highest BCUT2D eigenvalue weighted by Crippen LogP contribution is 2.51. The molecule has 3 aliphatic heterocycles. The summed E-state index contributed by atoms with van der Waals surface area (Å²) in [6, 6.07) is 0.990. The number of aliphatic hydroxyl groups excluding tert-OH is 1. The van der Waals surface area contributed by atoms with Crippen LogP contribution in [0.3, 0.4) is 0 Å².